The molecular weight excluding hydrogens is 160 g/mol. The van der Waals surface area contributed by atoms with Crippen LogP contribution in [0.25, 0.3) is 0 Å². The lowest BCUT2D eigenvalue weighted by molar-refractivity contribution is 0.288. The Balaban J connectivity index is 0.000000605. The topological polar surface area (TPSA) is 9.23 Å². The number of rotatable bonds is 0. The SMILES string of the molecule is Cl.c1ccc2c(c1)CCCO2. The normalized spacial score (nSPS) is 14.2. The Bertz CT molecular complexity index is 210. The molecule has 0 spiro atoms. The first kappa shape index (κ1) is 8.41. The molecule has 1 nitrogen and oxygen atoms in total. The highest BCUT2D eigenvalue weighted by atomic mass is 35.5. The molecule has 0 saturated carbocycles. The van der Waals surface area contributed by atoms with Crippen molar-refractivity contribution in [2.45, 2.75) is 12.8 Å². The van der Waals surface area contributed by atoms with E-state index in [1.54, 1.807) is 0 Å². The molecule has 0 radical (unpaired) electrons. The van der Waals surface area contributed by atoms with Crippen molar-refractivity contribution in [3.63, 3.8) is 0 Å². The molecule has 1 aliphatic heterocycles. The van der Waals surface area contributed by atoms with E-state index in [9.17, 15) is 0 Å². The van der Waals surface area contributed by atoms with Crippen LogP contribution in [0.5, 0.6) is 5.75 Å². The Kier molecular flexibility index (Phi) is 2.77. The summed E-state index contributed by atoms with van der Waals surface area (Å²) in [7, 11) is 0. The minimum Gasteiger partial charge on any atom is -0.493 e. The van der Waals surface area contributed by atoms with Gasteiger partial charge in [-0.1, -0.05) is 18.2 Å². The van der Waals surface area contributed by atoms with Crippen molar-refractivity contribution < 1.29 is 4.74 Å². The van der Waals surface area contributed by atoms with Crippen molar-refractivity contribution in [3.05, 3.63) is 29.8 Å². The Morgan fingerprint density at radius 3 is 2.82 bits per heavy atom. The van der Waals surface area contributed by atoms with Gasteiger partial charge in [0.2, 0.25) is 0 Å². The van der Waals surface area contributed by atoms with Gasteiger partial charge in [0.15, 0.2) is 0 Å². The Labute approximate surface area is 72.8 Å². The largest absolute Gasteiger partial charge is 0.493 e. The molecular formula is C9H11ClO. The summed E-state index contributed by atoms with van der Waals surface area (Å²) in [6.45, 7) is 0.886. The number of benzene rings is 1. The smallest absolute Gasteiger partial charge is 0.122 e. The molecule has 0 unspecified atom stereocenters. The van der Waals surface area contributed by atoms with Gasteiger partial charge in [-0.05, 0) is 24.5 Å². The zero-order chi connectivity index (χ0) is 6.81. The van der Waals surface area contributed by atoms with Crippen LogP contribution in [0, 0.1) is 0 Å². The average Bonchev–Trinajstić information content (AvgIpc) is 2.05. The maximum atomic E-state index is 5.42. The lowest BCUT2D eigenvalue weighted by Crippen LogP contribution is -2.07. The molecule has 1 aromatic carbocycles. The van der Waals surface area contributed by atoms with Gasteiger partial charge in [-0.25, -0.2) is 0 Å². The number of aryl methyl sites for hydroxylation is 1. The Morgan fingerprint density at radius 2 is 2.00 bits per heavy atom. The van der Waals surface area contributed by atoms with Crippen molar-refractivity contribution >= 4 is 12.4 Å². The molecule has 0 aromatic heterocycles. The van der Waals surface area contributed by atoms with Crippen LogP contribution in [-0.2, 0) is 6.42 Å². The van der Waals surface area contributed by atoms with Gasteiger partial charge in [0.25, 0.3) is 0 Å². The van der Waals surface area contributed by atoms with E-state index in [2.05, 4.69) is 12.1 Å². The number of hydrogen-bond donors (Lipinski definition) is 0. The number of halogens is 1. The van der Waals surface area contributed by atoms with E-state index >= 15 is 0 Å². The van der Waals surface area contributed by atoms with Crippen molar-refractivity contribution in [1.29, 1.82) is 0 Å². The van der Waals surface area contributed by atoms with Crippen LogP contribution in [0.3, 0.4) is 0 Å². The van der Waals surface area contributed by atoms with Crippen molar-refractivity contribution in [1.82, 2.24) is 0 Å². The number of para-hydroxylation sites is 1. The maximum absolute atomic E-state index is 5.42. The lowest BCUT2D eigenvalue weighted by atomic mass is 10.1. The summed E-state index contributed by atoms with van der Waals surface area (Å²) < 4.78 is 5.42. The van der Waals surface area contributed by atoms with Gasteiger partial charge < -0.3 is 4.74 Å². The molecule has 0 saturated heterocycles. The molecule has 1 heterocycles. The first-order chi connectivity index (χ1) is 4.97. The summed E-state index contributed by atoms with van der Waals surface area (Å²) in [5.41, 5.74) is 1.36. The molecule has 0 amide bonds. The van der Waals surface area contributed by atoms with E-state index in [-0.39, 0.29) is 12.4 Å². The summed E-state index contributed by atoms with van der Waals surface area (Å²) in [5, 5.41) is 0. The van der Waals surface area contributed by atoms with Gasteiger partial charge in [-0.15, -0.1) is 12.4 Å². The highest BCUT2D eigenvalue weighted by Gasteiger charge is 2.06. The molecule has 0 bridgehead atoms. The van der Waals surface area contributed by atoms with Gasteiger partial charge in [0.1, 0.15) is 5.75 Å². The van der Waals surface area contributed by atoms with Gasteiger partial charge in [-0.2, -0.15) is 0 Å². The monoisotopic (exact) mass is 170 g/mol. The quantitative estimate of drug-likeness (QED) is 0.581. The summed E-state index contributed by atoms with van der Waals surface area (Å²) in [6, 6.07) is 8.25. The number of ether oxygens (including phenoxy) is 1. The third-order valence-corrected chi connectivity index (χ3v) is 1.82. The predicted octanol–water partition coefficient (Wildman–Crippen LogP) is 2.43. The van der Waals surface area contributed by atoms with Crippen LogP contribution in [-0.4, -0.2) is 6.61 Å². The second kappa shape index (κ2) is 3.63. The first-order valence-electron chi connectivity index (χ1n) is 3.67. The second-order valence-electron chi connectivity index (χ2n) is 2.56. The second-order valence-corrected chi connectivity index (χ2v) is 2.56. The fourth-order valence-electron chi connectivity index (χ4n) is 1.30. The van der Waals surface area contributed by atoms with Crippen LogP contribution >= 0.6 is 12.4 Å². The summed E-state index contributed by atoms with van der Waals surface area (Å²) >= 11 is 0. The van der Waals surface area contributed by atoms with E-state index in [0.29, 0.717) is 0 Å². The third kappa shape index (κ3) is 1.66. The number of hydrogen-bond acceptors (Lipinski definition) is 1. The maximum Gasteiger partial charge on any atom is 0.122 e. The number of fused-ring (bicyclic) bond motifs is 1. The van der Waals surface area contributed by atoms with E-state index in [1.165, 1.54) is 12.0 Å². The minimum atomic E-state index is 0. The van der Waals surface area contributed by atoms with Crippen molar-refractivity contribution in [3.8, 4) is 5.75 Å². The summed E-state index contributed by atoms with van der Waals surface area (Å²) in [6.07, 6.45) is 2.34. The predicted molar refractivity (Wildman–Crippen MR) is 47.5 cm³/mol. The molecule has 2 heteroatoms. The Morgan fingerprint density at radius 1 is 1.18 bits per heavy atom. The van der Waals surface area contributed by atoms with Crippen LogP contribution in [0.4, 0.5) is 0 Å². The molecule has 0 atom stereocenters. The van der Waals surface area contributed by atoms with E-state index in [1.807, 2.05) is 12.1 Å². The van der Waals surface area contributed by atoms with Crippen LogP contribution in [0.1, 0.15) is 12.0 Å². The average molecular weight is 171 g/mol. The molecule has 2 rings (SSSR count). The molecule has 1 aliphatic rings. The fraction of sp³-hybridized carbons (Fsp3) is 0.333. The van der Waals surface area contributed by atoms with Gasteiger partial charge in [0.05, 0.1) is 6.61 Å². The standard InChI is InChI=1S/C9H10O.ClH/c1-2-6-9-8(4-1)5-3-7-10-9;/h1-2,4,6H,3,5,7H2;1H. The zero-order valence-corrected chi connectivity index (χ0v) is 7.06. The van der Waals surface area contributed by atoms with E-state index in [4.69, 9.17) is 4.74 Å². The summed E-state index contributed by atoms with van der Waals surface area (Å²) in [5.74, 6) is 1.08. The third-order valence-electron chi connectivity index (χ3n) is 1.82. The van der Waals surface area contributed by atoms with E-state index in [0.717, 1.165) is 18.8 Å². The molecule has 0 aliphatic carbocycles. The molecule has 60 valence electrons. The van der Waals surface area contributed by atoms with Gasteiger partial charge in [-0.3, -0.25) is 0 Å². The molecule has 1 aromatic rings. The van der Waals surface area contributed by atoms with Gasteiger partial charge in [0, 0.05) is 0 Å². The van der Waals surface area contributed by atoms with Gasteiger partial charge >= 0.3 is 0 Å². The zero-order valence-electron chi connectivity index (χ0n) is 6.25. The lowest BCUT2D eigenvalue weighted by Gasteiger charge is -2.15. The fourth-order valence-corrected chi connectivity index (χ4v) is 1.30. The summed E-state index contributed by atoms with van der Waals surface area (Å²) in [4.78, 5) is 0. The van der Waals surface area contributed by atoms with Crippen LogP contribution < -0.4 is 4.74 Å². The van der Waals surface area contributed by atoms with Crippen LogP contribution in [0.2, 0.25) is 0 Å². The molecule has 0 fully saturated rings. The van der Waals surface area contributed by atoms with E-state index < -0.39 is 0 Å². The van der Waals surface area contributed by atoms with Crippen molar-refractivity contribution in [2.75, 3.05) is 6.61 Å². The van der Waals surface area contributed by atoms with Crippen LogP contribution in [0.15, 0.2) is 24.3 Å². The highest BCUT2D eigenvalue weighted by molar-refractivity contribution is 5.85. The van der Waals surface area contributed by atoms with Crippen molar-refractivity contribution in [2.24, 2.45) is 0 Å². The Hall–Kier alpha value is -0.690. The molecule has 11 heavy (non-hydrogen) atoms. The highest BCUT2D eigenvalue weighted by Crippen LogP contribution is 2.22. The first-order valence-corrected chi connectivity index (χ1v) is 3.67. The molecule has 0 N–H and O–H groups in total. The minimum absolute atomic E-state index is 0.